The predicted molar refractivity (Wildman–Crippen MR) is 57.0 cm³/mol. The summed E-state index contributed by atoms with van der Waals surface area (Å²) in [5.41, 5.74) is 0. The van der Waals surface area contributed by atoms with Gasteiger partial charge < -0.3 is 19.1 Å². The van der Waals surface area contributed by atoms with E-state index in [2.05, 4.69) is 0 Å². The lowest BCUT2D eigenvalue weighted by atomic mass is 10.0. The maximum atomic E-state index is 11.8. The molecule has 92 valence electrons. The molecule has 0 aromatic rings. The van der Waals surface area contributed by atoms with E-state index >= 15 is 0 Å². The van der Waals surface area contributed by atoms with Crippen LogP contribution in [0, 0.1) is 5.92 Å². The van der Waals surface area contributed by atoms with Crippen LogP contribution in [-0.2, 0) is 14.2 Å². The molecular formula is C11H19NO4. The van der Waals surface area contributed by atoms with E-state index in [1.165, 1.54) is 0 Å². The van der Waals surface area contributed by atoms with E-state index in [4.69, 9.17) is 14.2 Å². The zero-order chi connectivity index (χ0) is 11.5. The molecule has 0 aromatic carbocycles. The standard InChI is InChI=1S/C11H19NO4/c1-3-12(4-2)11(13)16-9-7-15-10-8(9)5-6-14-10/h8-10H,3-7H2,1-2H3/t8?,9-,10?/m0/s1. The van der Waals surface area contributed by atoms with E-state index in [0.29, 0.717) is 26.3 Å². The van der Waals surface area contributed by atoms with E-state index in [1.54, 1.807) is 4.90 Å². The number of hydrogen-bond acceptors (Lipinski definition) is 4. The van der Waals surface area contributed by atoms with E-state index in [-0.39, 0.29) is 24.4 Å². The number of fused-ring (bicyclic) bond motifs is 1. The lowest BCUT2D eigenvalue weighted by molar-refractivity contribution is -0.0907. The third-order valence-corrected chi connectivity index (χ3v) is 3.26. The van der Waals surface area contributed by atoms with Gasteiger partial charge in [0.2, 0.25) is 0 Å². The first-order chi connectivity index (χ1) is 7.76. The van der Waals surface area contributed by atoms with Crippen LogP contribution >= 0.6 is 0 Å². The molecule has 2 saturated heterocycles. The van der Waals surface area contributed by atoms with Gasteiger partial charge in [-0.25, -0.2) is 4.79 Å². The Kier molecular flexibility index (Phi) is 3.66. The van der Waals surface area contributed by atoms with Crippen LogP contribution in [0.1, 0.15) is 20.3 Å². The Bertz CT molecular complexity index is 254. The molecule has 2 heterocycles. The first kappa shape index (κ1) is 11.7. The number of nitrogens with zero attached hydrogens (tertiary/aromatic N) is 1. The second-order valence-corrected chi connectivity index (χ2v) is 4.12. The monoisotopic (exact) mass is 229 g/mol. The molecule has 16 heavy (non-hydrogen) atoms. The van der Waals surface area contributed by atoms with Crippen molar-refractivity contribution in [3.8, 4) is 0 Å². The molecule has 1 amide bonds. The summed E-state index contributed by atoms with van der Waals surface area (Å²) in [5.74, 6) is 0.222. The minimum atomic E-state index is -0.244. The van der Waals surface area contributed by atoms with Crippen LogP contribution in [0.25, 0.3) is 0 Å². The Morgan fingerprint density at radius 2 is 2.12 bits per heavy atom. The van der Waals surface area contributed by atoms with Crippen molar-refractivity contribution < 1.29 is 19.0 Å². The van der Waals surface area contributed by atoms with Gasteiger partial charge in [-0.2, -0.15) is 0 Å². The van der Waals surface area contributed by atoms with Crippen molar-refractivity contribution in [3.05, 3.63) is 0 Å². The van der Waals surface area contributed by atoms with Crippen LogP contribution < -0.4 is 0 Å². The van der Waals surface area contributed by atoms with E-state index in [0.717, 1.165) is 6.42 Å². The molecule has 0 aliphatic carbocycles. The van der Waals surface area contributed by atoms with Gasteiger partial charge in [-0.1, -0.05) is 0 Å². The topological polar surface area (TPSA) is 48.0 Å². The van der Waals surface area contributed by atoms with Crippen molar-refractivity contribution >= 4 is 6.09 Å². The lowest BCUT2D eigenvalue weighted by Crippen LogP contribution is -2.36. The number of amides is 1. The summed E-state index contributed by atoms with van der Waals surface area (Å²) in [4.78, 5) is 13.4. The fourth-order valence-electron chi connectivity index (χ4n) is 2.23. The Balaban J connectivity index is 1.87. The van der Waals surface area contributed by atoms with Crippen molar-refractivity contribution in [1.82, 2.24) is 4.90 Å². The summed E-state index contributed by atoms with van der Waals surface area (Å²) in [6, 6.07) is 0. The first-order valence-corrected chi connectivity index (χ1v) is 5.95. The van der Waals surface area contributed by atoms with Crippen LogP contribution in [0.2, 0.25) is 0 Å². The van der Waals surface area contributed by atoms with Gasteiger partial charge in [-0.15, -0.1) is 0 Å². The van der Waals surface area contributed by atoms with E-state index < -0.39 is 0 Å². The second kappa shape index (κ2) is 5.01. The first-order valence-electron chi connectivity index (χ1n) is 5.95. The Hall–Kier alpha value is -0.810. The minimum absolute atomic E-state index is 0.138. The lowest BCUT2D eigenvalue weighted by Gasteiger charge is -2.22. The average molecular weight is 229 g/mol. The summed E-state index contributed by atoms with van der Waals surface area (Å²) in [5, 5.41) is 0. The van der Waals surface area contributed by atoms with Gasteiger partial charge >= 0.3 is 6.09 Å². The average Bonchev–Trinajstić information content (AvgIpc) is 2.85. The number of hydrogen-bond donors (Lipinski definition) is 0. The third kappa shape index (κ3) is 2.15. The number of carbonyl (C=O) groups excluding carboxylic acids is 1. The molecule has 2 rings (SSSR count). The highest BCUT2D eigenvalue weighted by Gasteiger charge is 2.44. The van der Waals surface area contributed by atoms with E-state index in [9.17, 15) is 4.79 Å². The molecule has 3 atom stereocenters. The maximum Gasteiger partial charge on any atom is 0.410 e. The summed E-state index contributed by atoms with van der Waals surface area (Å²) >= 11 is 0. The van der Waals surface area contributed by atoms with Crippen LogP contribution in [0.5, 0.6) is 0 Å². The van der Waals surface area contributed by atoms with Gasteiger partial charge in [0.25, 0.3) is 0 Å². The molecular weight excluding hydrogens is 210 g/mol. The summed E-state index contributed by atoms with van der Waals surface area (Å²) < 4.78 is 16.2. The minimum Gasteiger partial charge on any atom is -0.443 e. The van der Waals surface area contributed by atoms with Crippen molar-refractivity contribution in [2.75, 3.05) is 26.3 Å². The Labute approximate surface area is 95.6 Å². The number of ether oxygens (including phenoxy) is 3. The smallest absolute Gasteiger partial charge is 0.410 e. The molecule has 0 bridgehead atoms. The highest BCUT2D eigenvalue weighted by atomic mass is 16.7. The van der Waals surface area contributed by atoms with Crippen molar-refractivity contribution in [2.24, 2.45) is 5.92 Å². The molecule has 0 spiro atoms. The summed E-state index contributed by atoms with van der Waals surface area (Å²) in [7, 11) is 0. The van der Waals surface area contributed by atoms with Gasteiger partial charge in [0, 0.05) is 13.1 Å². The van der Waals surface area contributed by atoms with Crippen LogP contribution in [0.3, 0.4) is 0 Å². The van der Waals surface area contributed by atoms with Crippen LogP contribution in [0.15, 0.2) is 0 Å². The molecule has 0 aromatic heterocycles. The van der Waals surface area contributed by atoms with Crippen molar-refractivity contribution in [3.63, 3.8) is 0 Å². The SMILES string of the molecule is CCN(CC)C(=O)O[C@H]1COC2OCCC21. The van der Waals surface area contributed by atoms with E-state index in [1.807, 2.05) is 13.8 Å². The quantitative estimate of drug-likeness (QED) is 0.730. The van der Waals surface area contributed by atoms with Gasteiger partial charge in [-0.3, -0.25) is 0 Å². The van der Waals surface area contributed by atoms with Crippen molar-refractivity contribution in [1.29, 1.82) is 0 Å². The molecule has 2 unspecified atom stereocenters. The molecule has 0 N–H and O–H groups in total. The summed E-state index contributed by atoms with van der Waals surface area (Å²) in [6.07, 6.45) is 0.377. The zero-order valence-corrected chi connectivity index (χ0v) is 9.85. The number of rotatable bonds is 3. The summed E-state index contributed by atoms with van der Waals surface area (Å²) in [6.45, 7) is 6.40. The fourth-order valence-corrected chi connectivity index (χ4v) is 2.23. The van der Waals surface area contributed by atoms with Gasteiger partial charge in [0.05, 0.1) is 19.1 Å². The molecule has 5 heteroatoms. The highest BCUT2D eigenvalue weighted by molar-refractivity contribution is 5.67. The van der Waals surface area contributed by atoms with Crippen LogP contribution in [0.4, 0.5) is 4.79 Å². The molecule has 2 fully saturated rings. The number of carbonyl (C=O) groups is 1. The van der Waals surface area contributed by atoms with Gasteiger partial charge in [0.15, 0.2) is 6.29 Å². The third-order valence-electron chi connectivity index (χ3n) is 3.26. The molecule has 0 saturated carbocycles. The maximum absolute atomic E-state index is 11.8. The van der Waals surface area contributed by atoms with Crippen molar-refractivity contribution in [2.45, 2.75) is 32.7 Å². The zero-order valence-electron chi connectivity index (χ0n) is 9.85. The highest BCUT2D eigenvalue weighted by Crippen LogP contribution is 2.33. The normalized spacial score (nSPS) is 32.5. The largest absolute Gasteiger partial charge is 0.443 e. The molecule has 2 aliphatic heterocycles. The Morgan fingerprint density at radius 3 is 2.81 bits per heavy atom. The van der Waals surface area contributed by atoms with Crippen LogP contribution in [-0.4, -0.2) is 49.7 Å². The Morgan fingerprint density at radius 1 is 1.38 bits per heavy atom. The second-order valence-electron chi connectivity index (χ2n) is 4.12. The van der Waals surface area contributed by atoms with Gasteiger partial charge in [-0.05, 0) is 20.3 Å². The molecule has 0 radical (unpaired) electrons. The molecule has 2 aliphatic rings. The predicted octanol–water partition coefficient (Wildman–Crippen LogP) is 1.23. The molecule has 5 nitrogen and oxygen atoms in total. The van der Waals surface area contributed by atoms with Gasteiger partial charge in [0.1, 0.15) is 6.10 Å². The fraction of sp³-hybridized carbons (Fsp3) is 0.909.